The Balaban J connectivity index is 1.96. The Bertz CT molecular complexity index is 1370. The van der Waals surface area contributed by atoms with Gasteiger partial charge in [-0.05, 0) is 89.9 Å². The molecule has 0 radical (unpaired) electrons. The highest BCUT2D eigenvalue weighted by Gasteiger charge is 2.23. The number of aromatic nitrogens is 2. The van der Waals surface area contributed by atoms with Crippen LogP contribution in [0, 0.1) is 5.82 Å². The van der Waals surface area contributed by atoms with Crippen LogP contribution in [0.1, 0.15) is 66.1 Å². The van der Waals surface area contributed by atoms with Crippen LogP contribution in [0.3, 0.4) is 0 Å². The number of allylic oxidation sites excluding steroid dienone is 2. The second-order valence-electron chi connectivity index (χ2n) is 10.2. The number of fused-ring (bicyclic) bond motifs is 1. The molecule has 0 amide bonds. The van der Waals surface area contributed by atoms with Crippen LogP contribution in [0.2, 0.25) is 0 Å². The number of sulfonamides is 1. The minimum atomic E-state index is -3.91. The third kappa shape index (κ3) is 7.16. The Labute approximate surface area is 212 Å². The molecule has 0 fully saturated rings. The van der Waals surface area contributed by atoms with Crippen molar-refractivity contribution < 1.29 is 22.3 Å². The number of imidazole rings is 1. The molecule has 0 aliphatic carbocycles. The summed E-state index contributed by atoms with van der Waals surface area (Å²) in [4.78, 5) is 17.4. The van der Waals surface area contributed by atoms with E-state index in [1.54, 1.807) is 18.2 Å². The number of hydrogen-bond acceptors (Lipinski definition) is 5. The number of rotatable bonds is 9. The first kappa shape index (κ1) is 27.4. The number of benzene rings is 2. The molecule has 3 aromatic rings. The summed E-state index contributed by atoms with van der Waals surface area (Å²) >= 11 is 0. The van der Waals surface area contributed by atoms with E-state index in [-0.39, 0.29) is 23.3 Å². The molecule has 1 N–H and O–H groups in total. The Morgan fingerprint density at radius 3 is 2.44 bits per heavy atom. The van der Waals surface area contributed by atoms with E-state index in [2.05, 4.69) is 31.6 Å². The Kier molecular flexibility index (Phi) is 8.23. The average molecular weight is 516 g/mol. The van der Waals surface area contributed by atoms with Gasteiger partial charge in [-0.1, -0.05) is 18.6 Å². The SMILES string of the molecule is CC(C)=CCCC(C)c1nc2cc(NS(=O)(=O)c3ccc(F)cc3)ccc2n1CC(=O)OC(C)(C)C. The zero-order valence-electron chi connectivity index (χ0n) is 21.6. The van der Waals surface area contributed by atoms with Crippen molar-refractivity contribution in [2.24, 2.45) is 0 Å². The number of nitrogens with one attached hydrogen (secondary N) is 1. The highest BCUT2D eigenvalue weighted by molar-refractivity contribution is 7.92. The van der Waals surface area contributed by atoms with Gasteiger partial charge in [0.25, 0.3) is 10.0 Å². The largest absolute Gasteiger partial charge is 0.459 e. The van der Waals surface area contributed by atoms with Crippen LogP contribution in [-0.4, -0.2) is 29.5 Å². The lowest BCUT2D eigenvalue weighted by Gasteiger charge is -2.21. The molecule has 0 bridgehead atoms. The fraction of sp³-hybridized carbons (Fsp3) is 0.407. The molecule has 7 nitrogen and oxygen atoms in total. The fourth-order valence-corrected chi connectivity index (χ4v) is 4.89. The van der Waals surface area contributed by atoms with Gasteiger partial charge in [-0.3, -0.25) is 9.52 Å². The van der Waals surface area contributed by atoms with E-state index in [1.165, 1.54) is 17.7 Å². The van der Waals surface area contributed by atoms with Gasteiger partial charge in [0.1, 0.15) is 23.8 Å². The number of hydrogen-bond donors (Lipinski definition) is 1. The van der Waals surface area contributed by atoms with Gasteiger partial charge in [0.2, 0.25) is 0 Å². The first-order valence-electron chi connectivity index (χ1n) is 11.9. The second kappa shape index (κ2) is 10.8. The first-order valence-corrected chi connectivity index (χ1v) is 13.4. The summed E-state index contributed by atoms with van der Waals surface area (Å²) < 4.78 is 48.6. The number of carbonyl (C=O) groups is 1. The molecular weight excluding hydrogens is 481 g/mol. The molecule has 0 spiro atoms. The highest BCUT2D eigenvalue weighted by Crippen LogP contribution is 2.28. The quantitative estimate of drug-likeness (QED) is 0.272. The van der Waals surface area contributed by atoms with Gasteiger partial charge >= 0.3 is 5.97 Å². The predicted octanol–water partition coefficient (Wildman–Crippen LogP) is 6.17. The van der Waals surface area contributed by atoms with Crippen LogP contribution in [0.25, 0.3) is 11.0 Å². The molecule has 1 aromatic heterocycles. The van der Waals surface area contributed by atoms with E-state index in [4.69, 9.17) is 9.72 Å². The average Bonchev–Trinajstić information content (AvgIpc) is 3.09. The summed E-state index contributed by atoms with van der Waals surface area (Å²) in [5.74, 6) is -0.107. The second-order valence-corrected chi connectivity index (χ2v) is 11.8. The molecule has 0 saturated heterocycles. The Morgan fingerprint density at radius 2 is 1.83 bits per heavy atom. The number of ether oxygens (including phenoxy) is 1. The lowest BCUT2D eigenvalue weighted by Crippen LogP contribution is -2.27. The molecule has 0 aliphatic rings. The molecule has 0 aliphatic heterocycles. The van der Waals surface area contributed by atoms with E-state index in [9.17, 15) is 17.6 Å². The van der Waals surface area contributed by atoms with Crippen LogP contribution in [0.4, 0.5) is 10.1 Å². The minimum Gasteiger partial charge on any atom is -0.459 e. The molecule has 3 rings (SSSR count). The van der Waals surface area contributed by atoms with Crippen molar-refractivity contribution in [3.63, 3.8) is 0 Å². The lowest BCUT2D eigenvalue weighted by atomic mass is 10.0. The van der Waals surface area contributed by atoms with Crippen molar-refractivity contribution in [3.8, 4) is 0 Å². The number of anilines is 1. The molecule has 1 unspecified atom stereocenters. The third-order valence-electron chi connectivity index (χ3n) is 5.45. The molecule has 9 heteroatoms. The van der Waals surface area contributed by atoms with Crippen molar-refractivity contribution >= 4 is 32.7 Å². The van der Waals surface area contributed by atoms with Gasteiger partial charge < -0.3 is 9.30 Å². The van der Waals surface area contributed by atoms with Crippen molar-refractivity contribution in [2.45, 2.75) is 77.3 Å². The van der Waals surface area contributed by atoms with Crippen LogP contribution in [-0.2, 0) is 26.1 Å². The number of nitrogens with zero attached hydrogens (tertiary/aromatic N) is 2. The summed E-state index contributed by atoms with van der Waals surface area (Å²) in [6.45, 7) is 11.6. The van der Waals surface area contributed by atoms with Crippen molar-refractivity contribution in [1.82, 2.24) is 9.55 Å². The van der Waals surface area contributed by atoms with Gasteiger partial charge in [-0.15, -0.1) is 0 Å². The summed E-state index contributed by atoms with van der Waals surface area (Å²) in [7, 11) is -3.91. The zero-order valence-corrected chi connectivity index (χ0v) is 22.4. The number of carbonyl (C=O) groups excluding carboxylic acids is 1. The third-order valence-corrected chi connectivity index (χ3v) is 6.85. The van der Waals surface area contributed by atoms with Gasteiger partial charge in [-0.25, -0.2) is 17.8 Å². The summed E-state index contributed by atoms with van der Waals surface area (Å²) in [6, 6.07) is 9.60. The maximum Gasteiger partial charge on any atom is 0.326 e. The fourth-order valence-electron chi connectivity index (χ4n) is 3.84. The standard InChI is InChI=1S/C27H34FN3O4S/c1-18(2)8-7-9-19(3)26-29-23-16-21(30-36(33,34)22-13-10-20(28)11-14-22)12-15-24(23)31(26)17-25(32)35-27(4,5)6/h8,10-16,19,30H,7,9,17H2,1-6H3. The van der Waals surface area contributed by atoms with E-state index in [0.717, 1.165) is 30.8 Å². The zero-order chi connectivity index (χ0) is 26.7. The smallest absolute Gasteiger partial charge is 0.326 e. The molecule has 1 heterocycles. The van der Waals surface area contributed by atoms with E-state index in [0.29, 0.717) is 16.7 Å². The Hall–Kier alpha value is -3.20. The van der Waals surface area contributed by atoms with Crippen LogP contribution < -0.4 is 4.72 Å². The molecule has 36 heavy (non-hydrogen) atoms. The maximum atomic E-state index is 13.2. The van der Waals surface area contributed by atoms with Crippen molar-refractivity contribution in [2.75, 3.05) is 4.72 Å². The topological polar surface area (TPSA) is 90.3 Å². The monoisotopic (exact) mass is 515 g/mol. The van der Waals surface area contributed by atoms with Crippen molar-refractivity contribution in [3.05, 3.63) is 65.8 Å². The summed E-state index contributed by atoms with van der Waals surface area (Å²) in [6.07, 6.45) is 3.88. The predicted molar refractivity (Wildman–Crippen MR) is 140 cm³/mol. The first-order chi connectivity index (χ1) is 16.7. The minimum absolute atomic E-state index is 0.00323. The van der Waals surface area contributed by atoms with E-state index < -0.39 is 21.4 Å². The van der Waals surface area contributed by atoms with Gasteiger partial charge in [0, 0.05) is 5.92 Å². The summed E-state index contributed by atoms with van der Waals surface area (Å²) in [5, 5.41) is 0. The van der Waals surface area contributed by atoms with Gasteiger partial charge in [0.15, 0.2) is 0 Å². The molecule has 0 saturated carbocycles. The van der Waals surface area contributed by atoms with E-state index in [1.807, 2.05) is 25.3 Å². The van der Waals surface area contributed by atoms with Crippen molar-refractivity contribution in [1.29, 1.82) is 0 Å². The van der Waals surface area contributed by atoms with E-state index >= 15 is 0 Å². The van der Waals surface area contributed by atoms with Gasteiger partial charge in [0.05, 0.1) is 21.6 Å². The maximum absolute atomic E-state index is 13.2. The molecule has 194 valence electrons. The normalized spacial score (nSPS) is 12.9. The molecule has 1 atom stereocenters. The number of halogens is 1. The highest BCUT2D eigenvalue weighted by atomic mass is 32.2. The van der Waals surface area contributed by atoms with Crippen LogP contribution >= 0.6 is 0 Å². The lowest BCUT2D eigenvalue weighted by molar-refractivity contribution is -0.155. The summed E-state index contributed by atoms with van der Waals surface area (Å²) in [5.41, 5.74) is 2.20. The van der Waals surface area contributed by atoms with Crippen LogP contribution in [0.5, 0.6) is 0 Å². The number of esters is 1. The Morgan fingerprint density at radius 1 is 1.17 bits per heavy atom. The molecule has 2 aromatic carbocycles. The van der Waals surface area contributed by atoms with Gasteiger partial charge in [-0.2, -0.15) is 0 Å². The van der Waals surface area contributed by atoms with Crippen LogP contribution in [0.15, 0.2) is 59.0 Å². The molecular formula is C27H34FN3O4S.